The van der Waals surface area contributed by atoms with Gasteiger partial charge in [-0.2, -0.15) is 0 Å². The van der Waals surface area contributed by atoms with E-state index in [-0.39, 0.29) is 5.75 Å². The van der Waals surface area contributed by atoms with Gasteiger partial charge in [-0.3, -0.25) is 4.57 Å². The van der Waals surface area contributed by atoms with Gasteiger partial charge in [-0.1, -0.05) is 12.1 Å². The van der Waals surface area contributed by atoms with Crippen LogP contribution in [-0.2, 0) is 11.3 Å². The number of aromatic nitrogens is 4. The van der Waals surface area contributed by atoms with Crippen LogP contribution in [0.5, 0.6) is 5.75 Å². The van der Waals surface area contributed by atoms with Crippen molar-refractivity contribution >= 4 is 17.0 Å². The van der Waals surface area contributed by atoms with Crippen LogP contribution in [0.3, 0.4) is 0 Å². The zero-order chi connectivity index (χ0) is 19.0. The van der Waals surface area contributed by atoms with Crippen molar-refractivity contribution in [1.82, 2.24) is 19.5 Å². The van der Waals surface area contributed by atoms with Crippen LogP contribution >= 0.6 is 0 Å². The monoisotopic (exact) mass is 373 g/mol. The molecular weight excluding hydrogens is 354 g/mol. The van der Waals surface area contributed by atoms with E-state index in [0.717, 1.165) is 5.56 Å². The molecule has 1 aliphatic rings. The molecule has 5 N–H and O–H groups in total. The Bertz CT molecular complexity index is 931. The highest BCUT2D eigenvalue weighted by Gasteiger charge is 2.44. The molecule has 0 bridgehead atoms. The van der Waals surface area contributed by atoms with Crippen LogP contribution in [0.1, 0.15) is 11.8 Å². The third-order valence-electron chi connectivity index (χ3n) is 4.55. The molecule has 0 saturated carbocycles. The van der Waals surface area contributed by atoms with Gasteiger partial charge in [0, 0.05) is 6.54 Å². The Labute approximate surface area is 153 Å². The van der Waals surface area contributed by atoms with Gasteiger partial charge in [0.2, 0.25) is 0 Å². The van der Waals surface area contributed by atoms with Crippen molar-refractivity contribution in [3.63, 3.8) is 0 Å². The number of ether oxygens (including phenoxy) is 1. The van der Waals surface area contributed by atoms with Gasteiger partial charge in [0.05, 0.1) is 12.9 Å². The van der Waals surface area contributed by atoms with Crippen LogP contribution in [-0.4, -0.2) is 64.9 Å². The normalized spacial score (nSPS) is 25.1. The number of rotatable bonds is 5. The second kappa shape index (κ2) is 7.08. The first-order valence-corrected chi connectivity index (χ1v) is 8.40. The first-order chi connectivity index (χ1) is 13.1. The Morgan fingerprint density at radius 3 is 2.56 bits per heavy atom. The quantitative estimate of drug-likeness (QED) is 0.409. The summed E-state index contributed by atoms with van der Waals surface area (Å²) in [6, 6.07) is 6.78. The maximum atomic E-state index is 10.2. The summed E-state index contributed by atoms with van der Waals surface area (Å²) in [5.41, 5.74) is 1.85. The predicted octanol–water partition coefficient (Wildman–Crippen LogP) is -0.245. The lowest BCUT2D eigenvalue weighted by molar-refractivity contribution is -0.0511. The smallest absolute Gasteiger partial charge is 0.167 e. The van der Waals surface area contributed by atoms with Crippen molar-refractivity contribution in [2.75, 3.05) is 11.9 Å². The zero-order valence-electron chi connectivity index (χ0n) is 14.2. The van der Waals surface area contributed by atoms with Gasteiger partial charge in [-0.05, 0) is 17.7 Å². The molecule has 2 aromatic heterocycles. The minimum Gasteiger partial charge on any atom is -0.508 e. The average molecular weight is 373 g/mol. The molecule has 3 heterocycles. The molecule has 4 atom stereocenters. The number of imidazole rings is 1. The lowest BCUT2D eigenvalue weighted by Crippen LogP contribution is -2.33. The molecule has 0 aliphatic carbocycles. The number of nitrogens with one attached hydrogen (secondary N) is 1. The van der Waals surface area contributed by atoms with Crippen molar-refractivity contribution in [3.05, 3.63) is 42.5 Å². The Balaban J connectivity index is 1.59. The third kappa shape index (κ3) is 3.19. The van der Waals surface area contributed by atoms with E-state index in [1.807, 2.05) is 0 Å². The number of anilines is 1. The number of nitrogens with zero attached hydrogens (tertiary/aromatic N) is 4. The highest BCUT2D eigenvalue weighted by Crippen LogP contribution is 2.32. The van der Waals surface area contributed by atoms with Gasteiger partial charge < -0.3 is 30.5 Å². The molecule has 1 aromatic carbocycles. The number of hydrogen-bond acceptors (Lipinski definition) is 9. The van der Waals surface area contributed by atoms with E-state index in [4.69, 9.17) is 4.74 Å². The molecule has 4 rings (SSSR count). The Hall–Kier alpha value is -2.79. The molecule has 1 aliphatic heterocycles. The molecule has 0 radical (unpaired) electrons. The van der Waals surface area contributed by atoms with Gasteiger partial charge in [0.25, 0.3) is 0 Å². The zero-order valence-corrected chi connectivity index (χ0v) is 14.2. The second-order valence-corrected chi connectivity index (χ2v) is 6.30. The topological polar surface area (TPSA) is 146 Å². The van der Waals surface area contributed by atoms with Gasteiger partial charge in [-0.25, -0.2) is 15.0 Å². The molecule has 10 heteroatoms. The summed E-state index contributed by atoms with van der Waals surface area (Å²) in [7, 11) is 0. The van der Waals surface area contributed by atoms with Crippen molar-refractivity contribution < 1.29 is 25.2 Å². The molecule has 0 amide bonds. The number of benzene rings is 1. The first-order valence-electron chi connectivity index (χ1n) is 8.40. The summed E-state index contributed by atoms with van der Waals surface area (Å²) in [6.07, 6.45) is -1.40. The fraction of sp³-hybridized carbons (Fsp3) is 0.353. The summed E-state index contributed by atoms with van der Waals surface area (Å²) < 4.78 is 7.04. The maximum Gasteiger partial charge on any atom is 0.167 e. The van der Waals surface area contributed by atoms with E-state index < -0.39 is 31.1 Å². The number of aliphatic hydroxyl groups excluding tert-OH is 3. The van der Waals surface area contributed by atoms with E-state index in [0.29, 0.717) is 23.5 Å². The van der Waals surface area contributed by atoms with Crippen molar-refractivity contribution in [2.24, 2.45) is 0 Å². The lowest BCUT2D eigenvalue weighted by atomic mass is 10.1. The SMILES string of the molecule is OC[C@H]1OC(n2cnc3c(NCc4ccc(O)cc4)ncnc32)[C@@H](O)[C@@H]1O. The number of fused-ring (bicyclic) bond motifs is 1. The number of phenolic OH excluding ortho intramolecular Hbond substituents is 1. The summed E-state index contributed by atoms with van der Waals surface area (Å²) in [5.74, 6) is 0.694. The fourth-order valence-corrected chi connectivity index (χ4v) is 3.08. The Morgan fingerprint density at radius 1 is 1.07 bits per heavy atom. The molecule has 142 valence electrons. The van der Waals surface area contributed by atoms with Crippen LogP contribution in [0.25, 0.3) is 11.2 Å². The van der Waals surface area contributed by atoms with Crippen LogP contribution in [0.2, 0.25) is 0 Å². The van der Waals surface area contributed by atoms with Crippen molar-refractivity contribution in [3.8, 4) is 5.75 Å². The van der Waals surface area contributed by atoms with E-state index in [1.165, 1.54) is 17.2 Å². The molecule has 10 nitrogen and oxygen atoms in total. The summed E-state index contributed by atoms with van der Waals surface area (Å²) in [4.78, 5) is 12.7. The van der Waals surface area contributed by atoms with Gasteiger partial charge in [-0.15, -0.1) is 0 Å². The summed E-state index contributed by atoms with van der Waals surface area (Å²) in [6.45, 7) is 0.0584. The minimum atomic E-state index is -1.22. The number of aromatic hydroxyl groups is 1. The number of hydrogen-bond donors (Lipinski definition) is 5. The number of phenols is 1. The van der Waals surface area contributed by atoms with Crippen molar-refractivity contribution in [2.45, 2.75) is 31.1 Å². The summed E-state index contributed by atoms with van der Waals surface area (Å²) >= 11 is 0. The largest absolute Gasteiger partial charge is 0.508 e. The van der Waals surface area contributed by atoms with Crippen LogP contribution in [0.15, 0.2) is 36.9 Å². The number of aliphatic hydroxyl groups is 3. The predicted molar refractivity (Wildman–Crippen MR) is 93.8 cm³/mol. The third-order valence-corrected chi connectivity index (χ3v) is 4.55. The molecule has 3 aromatic rings. The maximum absolute atomic E-state index is 10.2. The van der Waals surface area contributed by atoms with E-state index >= 15 is 0 Å². The van der Waals surface area contributed by atoms with Crippen LogP contribution in [0.4, 0.5) is 5.82 Å². The van der Waals surface area contributed by atoms with Crippen molar-refractivity contribution in [1.29, 1.82) is 0 Å². The molecule has 1 fully saturated rings. The first kappa shape index (κ1) is 17.6. The van der Waals surface area contributed by atoms with E-state index in [1.54, 1.807) is 24.3 Å². The molecule has 27 heavy (non-hydrogen) atoms. The Kier molecular flexibility index (Phi) is 4.62. The Morgan fingerprint density at radius 2 is 1.85 bits per heavy atom. The van der Waals surface area contributed by atoms with Crippen LogP contribution < -0.4 is 5.32 Å². The standard InChI is InChI=1S/C17H19N5O5/c23-6-11-13(25)14(26)17(27-11)22-8-21-12-15(19-7-20-16(12)22)18-5-9-1-3-10(24)4-2-9/h1-4,7-8,11,13-14,17,23-26H,5-6H2,(H,18,19,20)/t11-,13-,14+,17?/m1/s1. The minimum absolute atomic E-state index is 0.195. The van der Waals surface area contributed by atoms with E-state index in [9.17, 15) is 20.4 Å². The molecule has 0 spiro atoms. The van der Waals surface area contributed by atoms with E-state index in [2.05, 4.69) is 20.3 Å². The molecule has 1 saturated heterocycles. The van der Waals surface area contributed by atoms with Crippen LogP contribution in [0, 0.1) is 0 Å². The lowest BCUT2D eigenvalue weighted by Gasteiger charge is -2.16. The highest BCUT2D eigenvalue weighted by molar-refractivity contribution is 5.82. The molecular formula is C17H19N5O5. The van der Waals surface area contributed by atoms with Gasteiger partial charge in [0.1, 0.15) is 30.4 Å². The highest BCUT2D eigenvalue weighted by atomic mass is 16.6. The van der Waals surface area contributed by atoms with Gasteiger partial charge in [0.15, 0.2) is 23.2 Å². The average Bonchev–Trinajstić information content (AvgIpc) is 3.23. The summed E-state index contributed by atoms with van der Waals surface area (Å²) in [5, 5.41) is 41.9. The fourth-order valence-electron chi connectivity index (χ4n) is 3.08. The molecule has 1 unspecified atom stereocenters. The second-order valence-electron chi connectivity index (χ2n) is 6.30. The van der Waals surface area contributed by atoms with Gasteiger partial charge >= 0.3 is 0 Å².